The van der Waals surface area contributed by atoms with E-state index in [1.54, 1.807) is 19.2 Å². The summed E-state index contributed by atoms with van der Waals surface area (Å²) < 4.78 is 11.5. The molecule has 1 N–H and O–H groups in total. The summed E-state index contributed by atoms with van der Waals surface area (Å²) >= 11 is 12.3. The number of ether oxygens (including phenoxy) is 2. The van der Waals surface area contributed by atoms with Gasteiger partial charge in [0.05, 0.1) is 18.8 Å². The fraction of sp³-hybridized carbons (Fsp3) is 0.182. The molecule has 39 heavy (non-hydrogen) atoms. The summed E-state index contributed by atoms with van der Waals surface area (Å²) in [7, 11) is 1.62. The molecular formula is C33H28Cl2N2O2. The van der Waals surface area contributed by atoms with E-state index in [4.69, 9.17) is 37.7 Å². The third kappa shape index (κ3) is 5.40. The summed E-state index contributed by atoms with van der Waals surface area (Å²) in [4.78, 5) is 4.70. The van der Waals surface area contributed by atoms with Crippen molar-refractivity contribution in [3.8, 4) is 11.5 Å². The molecule has 0 spiro atoms. The van der Waals surface area contributed by atoms with E-state index in [0.29, 0.717) is 40.0 Å². The molecular weight excluding hydrogens is 527 g/mol. The fourth-order valence-electron chi connectivity index (χ4n) is 5.47. The third-order valence-corrected chi connectivity index (χ3v) is 8.06. The van der Waals surface area contributed by atoms with Gasteiger partial charge in [0.25, 0.3) is 0 Å². The first-order chi connectivity index (χ1) is 19.1. The van der Waals surface area contributed by atoms with Crippen LogP contribution in [0.2, 0.25) is 10.0 Å². The van der Waals surface area contributed by atoms with Crippen molar-refractivity contribution >= 4 is 40.8 Å². The molecule has 1 heterocycles. The number of hydrogen-bond donors (Lipinski definition) is 1. The Bertz CT molecular complexity index is 1550. The molecule has 4 aromatic carbocycles. The zero-order valence-corrected chi connectivity index (χ0v) is 23.0. The number of allylic oxidation sites excluding steroid dienone is 2. The summed E-state index contributed by atoms with van der Waals surface area (Å²) in [5, 5.41) is 4.95. The maximum absolute atomic E-state index is 6.27. The number of para-hydroxylation sites is 1. The van der Waals surface area contributed by atoms with E-state index in [2.05, 4.69) is 66.0 Å². The lowest BCUT2D eigenvalue weighted by Crippen LogP contribution is -2.28. The second-order valence-electron chi connectivity index (χ2n) is 9.85. The first-order valence-electron chi connectivity index (χ1n) is 13.0. The Morgan fingerprint density at radius 2 is 1.79 bits per heavy atom. The molecule has 2 aliphatic rings. The molecule has 196 valence electrons. The zero-order valence-electron chi connectivity index (χ0n) is 21.5. The van der Waals surface area contributed by atoms with Crippen LogP contribution in [-0.4, -0.2) is 13.3 Å². The minimum atomic E-state index is 0.275. The number of rotatable bonds is 7. The van der Waals surface area contributed by atoms with Gasteiger partial charge in [0, 0.05) is 33.4 Å². The SMILES string of the molecule is COc1cc(C=Nc2ccc([C@@H]3Nc4ccccc4[C@@H]4C=CC[C@@H]43)cc2)ccc1OCc1ccc(Cl)cc1Cl. The Hall–Kier alpha value is -3.73. The summed E-state index contributed by atoms with van der Waals surface area (Å²) in [5.74, 6) is 2.25. The van der Waals surface area contributed by atoms with Crippen LogP contribution in [0.1, 0.15) is 40.6 Å². The van der Waals surface area contributed by atoms with Gasteiger partial charge in [-0.3, -0.25) is 4.99 Å². The van der Waals surface area contributed by atoms with Crippen LogP contribution in [0.5, 0.6) is 11.5 Å². The molecule has 0 fully saturated rings. The number of nitrogens with one attached hydrogen (secondary N) is 1. The number of anilines is 1. The molecule has 6 heteroatoms. The highest BCUT2D eigenvalue weighted by atomic mass is 35.5. The van der Waals surface area contributed by atoms with Gasteiger partial charge >= 0.3 is 0 Å². The van der Waals surface area contributed by atoms with Crippen LogP contribution in [0.3, 0.4) is 0 Å². The van der Waals surface area contributed by atoms with Gasteiger partial charge in [-0.1, -0.05) is 71.8 Å². The van der Waals surface area contributed by atoms with Gasteiger partial charge in [-0.15, -0.1) is 0 Å². The Morgan fingerprint density at radius 1 is 0.949 bits per heavy atom. The number of fused-ring (bicyclic) bond motifs is 3. The van der Waals surface area contributed by atoms with E-state index < -0.39 is 0 Å². The molecule has 3 atom stereocenters. The molecule has 6 rings (SSSR count). The molecule has 0 amide bonds. The average Bonchev–Trinajstić information content (AvgIpc) is 3.46. The van der Waals surface area contributed by atoms with Crippen molar-refractivity contribution in [1.82, 2.24) is 0 Å². The average molecular weight is 556 g/mol. The minimum Gasteiger partial charge on any atom is -0.493 e. The van der Waals surface area contributed by atoms with Crippen LogP contribution in [0, 0.1) is 5.92 Å². The van der Waals surface area contributed by atoms with Crippen molar-refractivity contribution in [1.29, 1.82) is 0 Å². The number of aliphatic imine (C=N–C) groups is 1. The number of halogens is 2. The van der Waals surface area contributed by atoms with Gasteiger partial charge in [-0.2, -0.15) is 0 Å². The number of benzene rings is 4. The molecule has 0 saturated carbocycles. The molecule has 0 bridgehead atoms. The van der Waals surface area contributed by atoms with Crippen LogP contribution in [0.25, 0.3) is 0 Å². The van der Waals surface area contributed by atoms with E-state index in [-0.39, 0.29) is 6.04 Å². The molecule has 4 aromatic rings. The van der Waals surface area contributed by atoms with Gasteiger partial charge in [-0.05, 0) is 77.6 Å². The van der Waals surface area contributed by atoms with Crippen molar-refractivity contribution in [2.45, 2.75) is 25.0 Å². The molecule has 0 saturated heterocycles. The van der Waals surface area contributed by atoms with Crippen LogP contribution in [-0.2, 0) is 6.61 Å². The van der Waals surface area contributed by atoms with E-state index in [0.717, 1.165) is 23.2 Å². The second-order valence-corrected chi connectivity index (χ2v) is 10.7. The Labute approximate surface area is 238 Å². The molecule has 1 aliphatic heterocycles. The zero-order chi connectivity index (χ0) is 26.8. The molecule has 0 aromatic heterocycles. The van der Waals surface area contributed by atoms with E-state index in [1.807, 2.05) is 30.5 Å². The van der Waals surface area contributed by atoms with Crippen LogP contribution >= 0.6 is 23.2 Å². The maximum Gasteiger partial charge on any atom is 0.161 e. The Balaban J connectivity index is 1.14. The third-order valence-electron chi connectivity index (χ3n) is 7.47. The highest BCUT2D eigenvalue weighted by Crippen LogP contribution is 2.49. The Kier molecular flexibility index (Phi) is 7.32. The fourth-order valence-corrected chi connectivity index (χ4v) is 5.93. The van der Waals surface area contributed by atoms with Gasteiger partial charge in [0.1, 0.15) is 6.61 Å². The second kappa shape index (κ2) is 11.2. The topological polar surface area (TPSA) is 42.8 Å². The molecule has 0 unspecified atom stereocenters. The van der Waals surface area contributed by atoms with Gasteiger partial charge in [0.2, 0.25) is 0 Å². The largest absolute Gasteiger partial charge is 0.493 e. The number of hydrogen-bond acceptors (Lipinski definition) is 4. The predicted octanol–water partition coefficient (Wildman–Crippen LogP) is 9.16. The molecule has 1 aliphatic carbocycles. The van der Waals surface area contributed by atoms with Gasteiger partial charge in [0.15, 0.2) is 11.5 Å². The highest BCUT2D eigenvalue weighted by Gasteiger charge is 2.37. The monoisotopic (exact) mass is 554 g/mol. The van der Waals surface area contributed by atoms with E-state index in [9.17, 15) is 0 Å². The van der Waals surface area contributed by atoms with Crippen LogP contribution in [0.15, 0.2) is 102 Å². The van der Waals surface area contributed by atoms with Crippen LogP contribution < -0.4 is 14.8 Å². The number of methoxy groups -OCH3 is 1. The maximum atomic E-state index is 6.27. The first kappa shape index (κ1) is 25.5. The summed E-state index contributed by atoms with van der Waals surface area (Å²) in [5.41, 5.74) is 6.58. The van der Waals surface area contributed by atoms with Crippen molar-refractivity contribution in [2.75, 3.05) is 12.4 Å². The van der Waals surface area contributed by atoms with E-state index >= 15 is 0 Å². The predicted molar refractivity (Wildman–Crippen MR) is 160 cm³/mol. The summed E-state index contributed by atoms with van der Waals surface area (Å²) in [6, 6.07) is 28.6. The molecule has 4 nitrogen and oxygen atoms in total. The number of nitrogens with zero attached hydrogens (tertiary/aromatic N) is 1. The minimum absolute atomic E-state index is 0.275. The van der Waals surface area contributed by atoms with E-state index in [1.165, 1.54) is 16.8 Å². The Morgan fingerprint density at radius 3 is 2.62 bits per heavy atom. The molecule has 0 radical (unpaired) electrons. The summed E-state index contributed by atoms with van der Waals surface area (Å²) in [6.07, 6.45) is 7.61. The van der Waals surface area contributed by atoms with Crippen molar-refractivity contribution in [3.63, 3.8) is 0 Å². The van der Waals surface area contributed by atoms with Gasteiger partial charge in [-0.25, -0.2) is 0 Å². The van der Waals surface area contributed by atoms with Gasteiger partial charge < -0.3 is 14.8 Å². The summed E-state index contributed by atoms with van der Waals surface area (Å²) in [6.45, 7) is 0.311. The lowest BCUT2D eigenvalue weighted by atomic mass is 9.77. The normalized spacial score (nSPS) is 19.4. The van der Waals surface area contributed by atoms with Crippen molar-refractivity contribution in [3.05, 3.63) is 129 Å². The lowest BCUT2D eigenvalue weighted by Gasteiger charge is -2.37. The lowest BCUT2D eigenvalue weighted by molar-refractivity contribution is 0.284. The van der Waals surface area contributed by atoms with Crippen molar-refractivity contribution < 1.29 is 9.47 Å². The van der Waals surface area contributed by atoms with Crippen molar-refractivity contribution in [2.24, 2.45) is 10.9 Å². The smallest absolute Gasteiger partial charge is 0.161 e. The standard InChI is InChI=1S/C33H28Cl2N2O2/c1-38-32-17-21(9-16-31(32)39-20-23-10-13-24(34)18-29(23)35)19-36-25-14-11-22(12-15-25)33-28-7-4-6-26(28)27-5-2-3-8-30(27)37-33/h2-6,8-19,26,28,33,37H,7,20H2,1H3/t26-,28-,33-/m0/s1. The highest BCUT2D eigenvalue weighted by molar-refractivity contribution is 6.35. The van der Waals surface area contributed by atoms with Crippen LogP contribution in [0.4, 0.5) is 11.4 Å². The first-order valence-corrected chi connectivity index (χ1v) is 13.8. The quantitative estimate of drug-likeness (QED) is 0.183.